The SMILES string of the molecule is C[C@H]1CN(C(=O)COc2cc(F)ccc2[N+](=O)[O-])C[C@H](C)O1. The number of hydrogen-bond donors (Lipinski definition) is 0. The predicted molar refractivity (Wildman–Crippen MR) is 75.1 cm³/mol. The minimum atomic E-state index is -0.682. The molecule has 0 unspecified atom stereocenters. The van der Waals surface area contributed by atoms with E-state index in [0.29, 0.717) is 13.1 Å². The summed E-state index contributed by atoms with van der Waals surface area (Å²) in [5, 5.41) is 10.9. The highest BCUT2D eigenvalue weighted by Gasteiger charge is 2.26. The Morgan fingerprint density at radius 3 is 2.68 bits per heavy atom. The lowest BCUT2D eigenvalue weighted by Gasteiger charge is -2.35. The van der Waals surface area contributed by atoms with Gasteiger partial charge in [0.2, 0.25) is 5.75 Å². The summed E-state index contributed by atoms with van der Waals surface area (Å²) in [6.07, 6.45) is -0.174. The standard InChI is InChI=1S/C14H17FN2O5/c1-9-6-16(7-10(2)22-9)14(18)8-21-13-5-11(15)3-4-12(13)17(19)20/h3-5,9-10H,6-8H2,1-2H3/t9-,10-/m0/s1. The zero-order valence-electron chi connectivity index (χ0n) is 12.3. The third-order valence-electron chi connectivity index (χ3n) is 3.24. The normalized spacial score (nSPS) is 21.5. The van der Waals surface area contributed by atoms with Crippen LogP contribution in [-0.4, -0.2) is 47.6 Å². The predicted octanol–water partition coefficient (Wildman–Crippen LogP) is 1.75. The number of amides is 1. The number of nitro groups is 1. The Morgan fingerprint density at radius 1 is 1.45 bits per heavy atom. The molecule has 1 aromatic rings. The van der Waals surface area contributed by atoms with Crippen LogP contribution < -0.4 is 4.74 Å². The summed E-state index contributed by atoms with van der Waals surface area (Å²) in [6.45, 7) is 4.18. The summed E-state index contributed by atoms with van der Waals surface area (Å²) < 4.78 is 23.9. The van der Waals surface area contributed by atoms with Crippen LogP contribution in [0.5, 0.6) is 5.75 Å². The number of carbonyl (C=O) groups is 1. The van der Waals surface area contributed by atoms with E-state index >= 15 is 0 Å². The first kappa shape index (κ1) is 16.2. The number of nitrogens with zero attached hydrogens (tertiary/aromatic N) is 2. The largest absolute Gasteiger partial charge is 0.477 e. The summed E-state index contributed by atoms with van der Waals surface area (Å²) >= 11 is 0. The van der Waals surface area contributed by atoms with Gasteiger partial charge in [0.25, 0.3) is 5.91 Å². The molecule has 0 aliphatic carbocycles. The highest BCUT2D eigenvalue weighted by molar-refractivity contribution is 5.78. The van der Waals surface area contributed by atoms with Gasteiger partial charge in [-0.3, -0.25) is 14.9 Å². The third kappa shape index (κ3) is 3.91. The molecule has 0 N–H and O–H groups in total. The van der Waals surface area contributed by atoms with Crippen molar-refractivity contribution in [3.63, 3.8) is 0 Å². The minimum absolute atomic E-state index is 0.0868. The van der Waals surface area contributed by atoms with Crippen molar-refractivity contribution < 1.29 is 23.6 Å². The van der Waals surface area contributed by atoms with E-state index in [-0.39, 0.29) is 36.2 Å². The molecular formula is C14H17FN2O5. The second kappa shape index (κ2) is 6.69. The lowest BCUT2D eigenvalue weighted by Crippen LogP contribution is -2.49. The quantitative estimate of drug-likeness (QED) is 0.625. The number of hydrogen-bond acceptors (Lipinski definition) is 5. The summed E-state index contributed by atoms with van der Waals surface area (Å²) in [5.74, 6) is -1.24. The van der Waals surface area contributed by atoms with Gasteiger partial charge in [0.15, 0.2) is 6.61 Å². The van der Waals surface area contributed by atoms with Gasteiger partial charge in [0.1, 0.15) is 5.82 Å². The van der Waals surface area contributed by atoms with Gasteiger partial charge in [-0.2, -0.15) is 0 Å². The molecule has 0 bridgehead atoms. The zero-order chi connectivity index (χ0) is 16.3. The van der Waals surface area contributed by atoms with Crippen LogP contribution >= 0.6 is 0 Å². The molecule has 1 heterocycles. The molecule has 0 radical (unpaired) electrons. The molecule has 1 amide bonds. The fourth-order valence-corrected chi connectivity index (χ4v) is 2.37. The molecule has 0 aromatic heterocycles. The Balaban J connectivity index is 2.02. The number of nitro benzene ring substituents is 1. The van der Waals surface area contributed by atoms with Crippen molar-refractivity contribution in [1.29, 1.82) is 0 Å². The van der Waals surface area contributed by atoms with Crippen LogP contribution in [0.15, 0.2) is 18.2 Å². The van der Waals surface area contributed by atoms with E-state index in [4.69, 9.17) is 9.47 Å². The summed E-state index contributed by atoms with van der Waals surface area (Å²) in [5.41, 5.74) is -0.377. The Hall–Kier alpha value is -2.22. The van der Waals surface area contributed by atoms with Crippen LogP contribution in [0.25, 0.3) is 0 Å². The molecule has 1 aliphatic rings. The topological polar surface area (TPSA) is 81.9 Å². The van der Waals surface area contributed by atoms with Crippen molar-refractivity contribution in [3.05, 3.63) is 34.1 Å². The minimum Gasteiger partial charge on any atom is -0.477 e. The van der Waals surface area contributed by atoms with Gasteiger partial charge in [0.05, 0.1) is 17.1 Å². The van der Waals surface area contributed by atoms with Crippen LogP contribution in [0.1, 0.15) is 13.8 Å². The second-order valence-corrected chi connectivity index (χ2v) is 5.21. The highest BCUT2D eigenvalue weighted by Crippen LogP contribution is 2.27. The van der Waals surface area contributed by atoms with Crippen molar-refractivity contribution >= 4 is 11.6 Å². The van der Waals surface area contributed by atoms with E-state index in [1.54, 1.807) is 4.90 Å². The molecule has 2 rings (SSSR count). The van der Waals surface area contributed by atoms with Gasteiger partial charge in [-0.25, -0.2) is 4.39 Å². The molecular weight excluding hydrogens is 295 g/mol. The van der Waals surface area contributed by atoms with Crippen LogP contribution in [0.2, 0.25) is 0 Å². The maximum Gasteiger partial charge on any atom is 0.311 e. The van der Waals surface area contributed by atoms with Crippen LogP contribution in [0.3, 0.4) is 0 Å². The van der Waals surface area contributed by atoms with Crippen molar-refractivity contribution in [2.24, 2.45) is 0 Å². The number of carbonyl (C=O) groups excluding carboxylic acids is 1. The molecule has 0 saturated carbocycles. The fraction of sp³-hybridized carbons (Fsp3) is 0.500. The first-order valence-corrected chi connectivity index (χ1v) is 6.86. The molecule has 2 atom stereocenters. The van der Waals surface area contributed by atoms with Crippen molar-refractivity contribution in [2.45, 2.75) is 26.1 Å². The lowest BCUT2D eigenvalue weighted by molar-refractivity contribution is -0.385. The highest BCUT2D eigenvalue weighted by atomic mass is 19.1. The van der Waals surface area contributed by atoms with E-state index in [9.17, 15) is 19.3 Å². The smallest absolute Gasteiger partial charge is 0.311 e. The Bertz CT molecular complexity index is 570. The molecule has 22 heavy (non-hydrogen) atoms. The maximum atomic E-state index is 13.2. The summed E-state index contributed by atoms with van der Waals surface area (Å²) in [7, 11) is 0. The number of ether oxygens (including phenoxy) is 2. The zero-order valence-corrected chi connectivity index (χ0v) is 12.3. The molecule has 0 spiro atoms. The first-order valence-electron chi connectivity index (χ1n) is 6.86. The van der Waals surface area contributed by atoms with Gasteiger partial charge < -0.3 is 14.4 Å². The number of morpholine rings is 1. The molecule has 120 valence electrons. The second-order valence-electron chi connectivity index (χ2n) is 5.21. The number of benzene rings is 1. The van der Waals surface area contributed by atoms with Crippen LogP contribution in [0, 0.1) is 15.9 Å². The molecule has 8 heteroatoms. The number of halogens is 1. The van der Waals surface area contributed by atoms with Crippen LogP contribution in [-0.2, 0) is 9.53 Å². The Kier molecular flexibility index (Phi) is 4.92. The summed E-state index contributed by atoms with van der Waals surface area (Å²) in [4.78, 5) is 23.9. The molecule has 7 nitrogen and oxygen atoms in total. The van der Waals surface area contributed by atoms with Gasteiger partial charge in [0, 0.05) is 25.2 Å². The summed E-state index contributed by atoms with van der Waals surface area (Å²) in [6, 6.07) is 2.88. The van der Waals surface area contributed by atoms with Crippen LogP contribution in [0.4, 0.5) is 10.1 Å². The van der Waals surface area contributed by atoms with Gasteiger partial charge in [-0.05, 0) is 19.9 Å². The monoisotopic (exact) mass is 312 g/mol. The van der Waals surface area contributed by atoms with Gasteiger partial charge in [-0.1, -0.05) is 0 Å². The van der Waals surface area contributed by atoms with E-state index < -0.39 is 10.7 Å². The van der Waals surface area contributed by atoms with Crippen molar-refractivity contribution in [3.8, 4) is 5.75 Å². The van der Waals surface area contributed by atoms with E-state index in [1.807, 2.05) is 13.8 Å². The number of rotatable bonds is 4. The van der Waals surface area contributed by atoms with E-state index in [1.165, 1.54) is 0 Å². The average molecular weight is 312 g/mol. The van der Waals surface area contributed by atoms with Gasteiger partial charge in [-0.15, -0.1) is 0 Å². The third-order valence-corrected chi connectivity index (χ3v) is 3.24. The first-order chi connectivity index (χ1) is 10.4. The van der Waals surface area contributed by atoms with E-state index in [2.05, 4.69) is 0 Å². The van der Waals surface area contributed by atoms with Crippen molar-refractivity contribution in [1.82, 2.24) is 4.90 Å². The van der Waals surface area contributed by atoms with Crippen molar-refractivity contribution in [2.75, 3.05) is 19.7 Å². The fourth-order valence-electron chi connectivity index (χ4n) is 2.37. The lowest BCUT2D eigenvalue weighted by atomic mass is 10.2. The van der Waals surface area contributed by atoms with Gasteiger partial charge >= 0.3 is 5.69 Å². The Morgan fingerprint density at radius 2 is 2.09 bits per heavy atom. The maximum absolute atomic E-state index is 13.2. The van der Waals surface area contributed by atoms with E-state index in [0.717, 1.165) is 18.2 Å². The molecule has 1 saturated heterocycles. The molecule has 1 fully saturated rings. The Labute approximate surface area is 126 Å². The molecule has 1 aliphatic heterocycles. The average Bonchev–Trinajstić information content (AvgIpc) is 2.43. The molecule has 1 aromatic carbocycles.